The van der Waals surface area contributed by atoms with Crippen LogP contribution in [0.25, 0.3) is 0 Å². The highest BCUT2D eigenvalue weighted by Gasteiger charge is 2.21. The molecule has 0 aliphatic rings. The van der Waals surface area contributed by atoms with E-state index in [9.17, 15) is 9.59 Å². The van der Waals surface area contributed by atoms with E-state index in [0.717, 1.165) is 11.3 Å². The molecule has 0 radical (unpaired) electrons. The molecular weight excluding hydrogens is 336 g/mol. The first-order valence-corrected chi connectivity index (χ1v) is 8.87. The van der Waals surface area contributed by atoms with Crippen LogP contribution < -0.4 is 10.2 Å². The number of carbonyl (C=O) groups is 2. The van der Waals surface area contributed by atoms with Crippen molar-refractivity contribution in [2.24, 2.45) is 0 Å². The Hall–Kier alpha value is -3.40. The molecule has 2 amide bonds. The lowest BCUT2D eigenvalue weighted by atomic mass is 10.0. The van der Waals surface area contributed by atoms with Crippen LogP contribution in [0, 0.1) is 0 Å². The van der Waals surface area contributed by atoms with Gasteiger partial charge in [-0.3, -0.25) is 9.59 Å². The topological polar surface area (TPSA) is 49.4 Å². The second-order valence-corrected chi connectivity index (χ2v) is 6.30. The fraction of sp³-hybridized carbons (Fsp3) is 0.130. The van der Waals surface area contributed by atoms with Crippen molar-refractivity contribution in [1.82, 2.24) is 5.32 Å². The number of nitrogens with zero attached hydrogens (tertiary/aromatic N) is 1. The van der Waals surface area contributed by atoms with Gasteiger partial charge in [-0.05, 0) is 29.8 Å². The molecule has 136 valence electrons. The smallest absolute Gasteiger partial charge is 0.251 e. The van der Waals surface area contributed by atoms with Crippen LogP contribution in [0.3, 0.4) is 0 Å². The fourth-order valence-electron chi connectivity index (χ4n) is 2.88. The lowest BCUT2D eigenvalue weighted by Crippen LogP contribution is -2.34. The molecule has 4 nitrogen and oxygen atoms in total. The summed E-state index contributed by atoms with van der Waals surface area (Å²) in [5.74, 6) is -0.261. The first kappa shape index (κ1) is 18.4. The van der Waals surface area contributed by atoms with Crippen molar-refractivity contribution in [3.05, 3.63) is 102 Å². The van der Waals surface area contributed by atoms with Gasteiger partial charge in [0, 0.05) is 18.3 Å². The summed E-state index contributed by atoms with van der Waals surface area (Å²) < 4.78 is 0. The molecule has 0 spiro atoms. The van der Waals surface area contributed by atoms with Gasteiger partial charge in [-0.25, -0.2) is 0 Å². The molecule has 4 heteroatoms. The van der Waals surface area contributed by atoms with E-state index in [-0.39, 0.29) is 18.2 Å². The van der Waals surface area contributed by atoms with Gasteiger partial charge in [-0.1, -0.05) is 66.7 Å². The Kier molecular flexibility index (Phi) is 6.00. The van der Waals surface area contributed by atoms with Crippen LogP contribution in [-0.4, -0.2) is 18.9 Å². The van der Waals surface area contributed by atoms with Crippen molar-refractivity contribution in [2.45, 2.75) is 12.5 Å². The molecule has 0 saturated heterocycles. The van der Waals surface area contributed by atoms with Crippen LogP contribution in [0.1, 0.15) is 28.4 Å². The number of hydrogen-bond acceptors (Lipinski definition) is 2. The van der Waals surface area contributed by atoms with E-state index < -0.39 is 6.04 Å². The maximum atomic E-state index is 12.8. The zero-order valence-corrected chi connectivity index (χ0v) is 15.2. The van der Waals surface area contributed by atoms with Gasteiger partial charge in [0.25, 0.3) is 5.91 Å². The van der Waals surface area contributed by atoms with Crippen molar-refractivity contribution in [3.63, 3.8) is 0 Å². The van der Waals surface area contributed by atoms with E-state index in [2.05, 4.69) is 5.32 Å². The minimum atomic E-state index is -0.405. The summed E-state index contributed by atoms with van der Waals surface area (Å²) in [6.07, 6.45) is 0.175. The van der Waals surface area contributed by atoms with Crippen molar-refractivity contribution in [3.8, 4) is 0 Å². The summed E-state index contributed by atoms with van der Waals surface area (Å²) in [6, 6.07) is 27.7. The van der Waals surface area contributed by atoms with Gasteiger partial charge in [-0.15, -0.1) is 0 Å². The monoisotopic (exact) mass is 358 g/mol. The van der Waals surface area contributed by atoms with Gasteiger partial charge in [-0.2, -0.15) is 0 Å². The zero-order chi connectivity index (χ0) is 19.1. The fourth-order valence-corrected chi connectivity index (χ4v) is 2.88. The summed E-state index contributed by atoms with van der Waals surface area (Å²) in [4.78, 5) is 27.0. The number of anilines is 1. The van der Waals surface area contributed by atoms with Crippen molar-refractivity contribution >= 4 is 17.5 Å². The predicted molar refractivity (Wildman–Crippen MR) is 108 cm³/mol. The van der Waals surface area contributed by atoms with Crippen LogP contribution in [0.4, 0.5) is 5.69 Å². The first-order chi connectivity index (χ1) is 13.1. The van der Waals surface area contributed by atoms with Gasteiger partial charge in [0.2, 0.25) is 5.91 Å². The second kappa shape index (κ2) is 8.81. The summed E-state index contributed by atoms with van der Waals surface area (Å²) >= 11 is 0. The SMILES string of the molecule is CN(C(=O)CC(NC(=O)c1ccccc1)c1ccccc1)c1ccccc1. The van der Waals surface area contributed by atoms with E-state index in [1.54, 1.807) is 24.1 Å². The minimum absolute atomic E-state index is 0.0663. The van der Waals surface area contributed by atoms with Crippen LogP contribution in [0.15, 0.2) is 91.0 Å². The average Bonchev–Trinajstić information content (AvgIpc) is 2.74. The van der Waals surface area contributed by atoms with Gasteiger partial charge in [0.1, 0.15) is 0 Å². The molecule has 3 aromatic carbocycles. The molecule has 0 saturated carbocycles. The van der Waals surface area contributed by atoms with E-state index >= 15 is 0 Å². The highest BCUT2D eigenvalue weighted by molar-refractivity contribution is 5.96. The van der Waals surface area contributed by atoms with E-state index in [0.29, 0.717) is 5.56 Å². The molecule has 0 heterocycles. The number of amides is 2. The minimum Gasteiger partial charge on any atom is -0.345 e. The molecule has 1 unspecified atom stereocenters. The first-order valence-electron chi connectivity index (χ1n) is 8.87. The normalized spacial score (nSPS) is 11.4. The Balaban J connectivity index is 1.78. The number of carbonyl (C=O) groups excluding carboxylic acids is 2. The van der Waals surface area contributed by atoms with Crippen LogP contribution >= 0.6 is 0 Å². The third-order valence-corrected chi connectivity index (χ3v) is 4.44. The molecule has 3 rings (SSSR count). The van der Waals surface area contributed by atoms with E-state index in [1.165, 1.54) is 0 Å². The lowest BCUT2D eigenvalue weighted by molar-refractivity contribution is -0.118. The molecule has 1 atom stereocenters. The Bertz CT molecular complexity index is 880. The predicted octanol–water partition coefficient (Wildman–Crippen LogP) is 4.21. The largest absolute Gasteiger partial charge is 0.345 e. The van der Waals surface area contributed by atoms with Gasteiger partial charge >= 0.3 is 0 Å². The molecule has 0 aliphatic carbocycles. The van der Waals surface area contributed by atoms with Gasteiger partial charge in [0.15, 0.2) is 0 Å². The Morgan fingerprint density at radius 1 is 0.815 bits per heavy atom. The molecule has 0 fully saturated rings. The maximum Gasteiger partial charge on any atom is 0.251 e. The Morgan fingerprint density at radius 3 is 1.93 bits per heavy atom. The number of para-hydroxylation sites is 1. The Morgan fingerprint density at radius 2 is 1.33 bits per heavy atom. The molecule has 27 heavy (non-hydrogen) atoms. The van der Waals surface area contributed by atoms with E-state index in [1.807, 2.05) is 78.9 Å². The zero-order valence-electron chi connectivity index (χ0n) is 15.2. The maximum absolute atomic E-state index is 12.8. The standard InChI is InChI=1S/C23H22N2O2/c1-25(20-15-9-4-10-16-20)22(26)17-21(18-11-5-2-6-12-18)24-23(27)19-13-7-3-8-14-19/h2-16,21H,17H2,1H3,(H,24,27). The molecule has 0 aliphatic heterocycles. The van der Waals surface area contributed by atoms with Crippen LogP contribution in [0.2, 0.25) is 0 Å². The summed E-state index contributed by atoms with van der Waals surface area (Å²) in [5, 5.41) is 3.00. The Labute approximate surface area is 159 Å². The second-order valence-electron chi connectivity index (χ2n) is 6.30. The lowest BCUT2D eigenvalue weighted by Gasteiger charge is -2.23. The summed E-state index contributed by atoms with van der Waals surface area (Å²) in [7, 11) is 1.75. The molecule has 3 aromatic rings. The van der Waals surface area contributed by atoms with Crippen LogP contribution in [-0.2, 0) is 4.79 Å². The third-order valence-electron chi connectivity index (χ3n) is 4.44. The molecule has 0 aromatic heterocycles. The summed E-state index contributed by atoms with van der Waals surface area (Å²) in [5.41, 5.74) is 2.29. The molecule has 0 bridgehead atoms. The number of rotatable bonds is 6. The number of hydrogen-bond donors (Lipinski definition) is 1. The van der Waals surface area contributed by atoms with Gasteiger partial charge < -0.3 is 10.2 Å². The number of benzene rings is 3. The number of nitrogens with one attached hydrogen (secondary N) is 1. The van der Waals surface area contributed by atoms with Crippen LogP contribution in [0.5, 0.6) is 0 Å². The summed E-state index contributed by atoms with van der Waals surface area (Å²) in [6.45, 7) is 0. The van der Waals surface area contributed by atoms with Crippen molar-refractivity contribution in [1.29, 1.82) is 0 Å². The van der Waals surface area contributed by atoms with E-state index in [4.69, 9.17) is 0 Å². The quantitative estimate of drug-likeness (QED) is 0.717. The van der Waals surface area contributed by atoms with Gasteiger partial charge in [0.05, 0.1) is 12.5 Å². The third kappa shape index (κ3) is 4.82. The van der Waals surface area contributed by atoms with Crippen molar-refractivity contribution < 1.29 is 9.59 Å². The molecular formula is C23H22N2O2. The highest BCUT2D eigenvalue weighted by Crippen LogP contribution is 2.21. The highest BCUT2D eigenvalue weighted by atomic mass is 16.2. The molecule has 1 N–H and O–H groups in total. The van der Waals surface area contributed by atoms with Crippen molar-refractivity contribution in [2.75, 3.05) is 11.9 Å². The average molecular weight is 358 g/mol.